The molecule has 0 aromatic heterocycles. The van der Waals surface area contributed by atoms with Crippen LogP contribution in [0.5, 0.6) is 0 Å². The molecule has 0 saturated carbocycles. The fourth-order valence-electron chi connectivity index (χ4n) is 3.44. The number of aliphatic carboxylic acids is 1. The molecular formula is C21H22N2O5. The van der Waals surface area contributed by atoms with E-state index < -0.39 is 24.0 Å². The van der Waals surface area contributed by atoms with Gasteiger partial charge in [-0.1, -0.05) is 48.5 Å². The lowest BCUT2D eigenvalue weighted by atomic mass is 9.98. The number of fused-ring (bicyclic) bond motifs is 3. The molecule has 28 heavy (non-hydrogen) atoms. The predicted octanol–water partition coefficient (Wildman–Crippen LogP) is 2.50. The molecule has 1 atom stereocenters. The lowest BCUT2D eigenvalue weighted by Crippen LogP contribution is -2.41. The lowest BCUT2D eigenvalue weighted by molar-refractivity contribution is -0.137. The molecule has 0 fully saturated rings. The van der Waals surface area contributed by atoms with Gasteiger partial charge in [-0.15, -0.1) is 0 Å². The van der Waals surface area contributed by atoms with E-state index in [0.29, 0.717) is 0 Å². The van der Waals surface area contributed by atoms with Crippen molar-refractivity contribution in [2.24, 2.45) is 0 Å². The minimum absolute atomic E-state index is 0.0532. The number of nitrogens with one attached hydrogen (secondary N) is 2. The van der Waals surface area contributed by atoms with E-state index in [-0.39, 0.29) is 25.5 Å². The zero-order valence-corrected chi connectivity index (χ0v) is 15.5. The highest BCUT2D eigenvalue weighted by molar-refractivity contribution is 5.83. The fourth-order valence-corrected chi connectivity index (χ4v) is 3.44. The molecule has 7 heteroatoms. The van der Waals surface area contributed by atoms with Gasteiger partial charge >= 0.3 is 12.1 Å². The van der Waals surface area contributed by atoms with Crippen molar-refractivity contribution in [3.8, 4) is 11.1 Å². The number of hydrogen-bond donors (Lipinski definition) is 3. The van der Waals surface area contributed by atoms with Crippen LogP contribution in [-0.2, 0) is 14.3 Å². The summed E-state index contributed by atoms with van der Waals surface area (Å²) in [5.74, 6) is -1.53. The van der Waals surface area contributed by atoms with E-state index in [2.05, 4.69) is 22.8 Å². The van der Waals surface area contributed by atoms with Gasteiger partial charge in [-0.25, -0.2) is 4.79 Å². The van der Waals surface area contributed by atoms with Crippen molar-refractivity contribution in [2.45, 2.75) is 25.3 Å². The number of carbonyl (C=O) groups is 3. The Morgan fingerprint density at radius 1 is 1.04 bits per heavy atom. The first kappa shape index (κ1) is 19.4. The second-order valence-corrected chi connectivity index (χ2v) is 6.75. The number of amides is 2. The highest BCUT2D eigenvalue weighted by Crippen LogP contribution is 2.44. The predicted molar refractivity (Wildman–Crippen MR) is 103 cm³/mol. The summed E-state index contributed by atoms with van der Waals surface area (Å²) in [5, 5.41) is 13.6. The van der Waals surface area contributed by atoms with Crippen molar-refractivity contribution in [3.05, 3.63) is 59.7 Å². The number of carboxylic acid groups (broad SMARTS) is 1. The van der Waals surface area contributed by atoms with Crippen LogP contribution in [0.3, 0.4) is 0 Å². The Hall–Kier alpha value is -3.35. The normalized spacial score (nSPS) is 13.2. The van der Waals surface area contributed by atoms with E-state index in [4.69, 9.17) is 9.84 Å². The molecule has 3 rings (SSSR count). The van der Waals surface area contributed by atoms with Gasteiger partial charge in [0.05, 0.1) is 6.42 Å². The first-order valence-corrected chi connectivity index (χ1v) is 9.05. The van der Waals surface area contributed by atoms with Crippen LogP contribution in [-0.4, -0.2) is 42.3 Å². The number of alkyl carbamates (subject to hydrolysis) is 1. The number of benzene rings is 2. The summed E-state index contributed by atoms with van der Waals surface area (Å²) >= 11 is 0. The summed E-state index contributed by atoms with van der Waals surface area (Å²) in [5.41, 5.74) is 4.49. The Bertz CT molecular complexity index is 850. The molecule has 2 aromatic rings. The summed E-state index contributed by atoms with van der Waals surface area (Å²) in [6.45, 7) is 1.47. The molecule has 7 nitrogen and oxygen atoms in total. The smallest absolute Gasteiger partial charge is 0.407 e. The molecule has 1 aliphatic rings. The summed E-state index contributed by atoms with van der Waals surface area (Å²) in [4.78, 5) is 34.3. The highest BCUT2D eigenvalue weighted by Gasteiger charge is 2.29. The van der Waals surface area contributed by atoms with E-state index in [9.17, 15) is 14.4 Å². The van der Waals surface area contributed by atoms with Crippen LogP contribution >= 0.6 is 0 Å². The Kier molecular flexibility index (Phi) is 5.93. The lowest BCUT2D eigenvalue weighted by Gasteiger charge is -2.15. The topological polar surface area (TPSA) is 105 Å². The van der Waals surface area contributed by atoms with Crippen LogP contribution in [0.4, 0.5) is 4.79 Å². The van der Waals surface area contributed by atoms with E-state index in [1.807, 2.05) is 36.4 Å². The Morgan fingerprint density at radius 2 is 1.61 bits per heavy atom. The molecule has 2 amide bonds. The molecule has 3 N–H and O–H groups in total. The van der Waals surface area contributed by atoms with Gasteiger partial charge in [-0.05, 0) is 29.2 Å². The van der Waals surface area contributed by atoms with Crippen molar-refractivity contribution >= 4 is 18.0 Å². The molecule has 0 heterocycles. The second-order valence-electron chi connectivity index (χ2n) is 6.75. The third-order valence-electron chi connectivity index (χ3n) is 4.63. The standard InChI is InChI=1S/C21H22N2O5/c1-13(10-20(25)26)23-19(24)11-22-21(27)28-12-18-16-8-4-2-6-14(16)15-7-3-5-9-17(15)18/h2-9,13,18H,10-12H2,1H3,(H,22,27)(H,23,24)(H,25,26)/t13-/m1/s1. The maximum atomic E-state index is 12.0. The summed E-state index contributed by atoms with van der Waals surface area (Å²) in [7, 11) is 0. The van der Waals surface area contributed by atoms with Crippen LogP contribution in [0.15, 0.2) is 48.5 Å². The third kappa shape index (κ3) is 4.49. The Labute approximate surface area is 162 Å². The van der Waals surface area contributed by atoms with E-state index in [1.165, 1.54) is 0 Å². The molecule has 0 bridgehead atoms. The molecule has 0 spiro atoms. The maximum Gasteiger partial charge on any atom is 0.407 e. The van der Waals surface area contributed by atoms with Crippen molar-refractivity contribution in [3.63, 3.8) is 0 Å². The van der Waals surface area contributed by atoms with Gasteiger partial charge in [0, 0.05) is 12.0 Å². The fraction of sp³-hybridized carbons (Fsp3) is 0.286. The van der Waals surface area contributed by atoms with Crippen molar-refractivity contribution in [1.82, 2.24) is 10.6 Å². The van der Waals surface area contributed by atoms with Gasteiger partial charge in [0.15, 0.2) is 0 Å². The van der Waals surface area contributed by atoms with Gasteiger partial charge in [0.25, 0.3) is 0 Å². The summed E-state index contributed by atoms with van der Waals surface area (Å²) in [6.07, 6.45) is -0.876. The van der Waals surface area contributed by atoms with Crippen molar-refractivity contribution in [2.75, 3.05) is 13.2 Å². The quantitative estimate of drug-likeness (QED) is 0.682. The van der Waals surface area contributed by atoms with Gasteiger partial charge in [-0.2, -0.15) is 0 Å². The van der Waals surface area contributed by atoms with Crippen molar-refractivity contribution in [1.29, 1.82) is 0 Å². The van der Waals surface area contributed by atoms with E-state index >= 15 is 0 Å². The average Bonchev–Trinajstić information content (AvgIpc) is 2.98. The highest BCUT2D eigenvalue weighted by atomic mass is 16.5. The minimum Gasteiger partial charge on any atom is -0.481 e. The van der Waals surface area contributed by atoms with Crippen LogP contribution < -0.4 is 10.6 Å². The maximum absolute atomic E-state index is 12.0. The molecule has 0 aliphatic heterocycles. The third-order valence-corrected chi connectivity index (χ3v) is 4.63. The van der Waals surface area contributed by atoms with Crippen LogP contribution in [0.1, 0.15) is 30.4 Å². The molecule has 0 saturated heterocycles. The monoisotopic (exact) mass is 382 g/mol. The SMILES string of the molecule is C[C@H](CC(=O)O)NC(=O)CNC(=O)OCC1c2ccccc2-c2ccccc21. The Balaban J connectivity index is 1.53. The zero-order valence-electron chi connectivity index (χ0n) is 15.5. The molecule has 2 aromatic carbocycles. The van der Waals surface area contributed by atoms with Gasteiger partial charge < -0.3 is 20.5 Å². The minimum atomic E-state index is -1.00. The van der Waals surface area contributed by atoms with Gasteiger partial charge in [0.1, 0.15) is 13.2 Å². The molecule has 0 unspecified atom stereocenters. The van der Waals surface area contributed by atoms with E-state index in [1.54, 1.807) is 6.92 Å². The summed E-state index contributed by atoms with van der Waals surface area (Å²) < 4.78 is 5.34. The van der Waals surface area contributed by atoms with Crippen LogP contribution in [0, 0.1) is 0 Å². The molecular weight excluding hydrogens is 360 g/mol. The summed E-state index contributed by atoms with van der Waals surface area (Å²) in [6, 6.07) is 15.5. The van der Waals surface area contributed by atoms with Gasteiger partial charge in [-0.3, -0.25) is 9.59 Å². The van der Waals surface area contributed by atoms with Crippen LogP contribution in [0.25, 0.3) is 11.1 Å². The second kappa shape index (κ2) is 8.56. The average molecular weight is 382 g/mol. The number of carbonyl (C=O) groups excluding carboxylic acids is 2. The van der Waals surface area contributed by atoms with Gasteiger partial charge in [0.2, 0.25) is 5.91 Å². The molecule has 146 valence electrons. The van der Waals surface area contributed by atoms with E-state index in [0.717, 1.165) is 22.3 Å². The number of carboxylic acids is 1. The number of ether oxygens (including phenoxy) is 1. The first-order chi connectivity index (χ1) is 13.5. The largest absolute Gasteiger partial charge is 0.481 e. The molecule has 0 radical (unpaired) electrons. The first-order valence-electron chi connectivity index (χ1n) is 9.05. The van der Waals surface area contributed by atoms with Crippen molar-refractivity contribution < 1.29 is 24.2 Å². The number of rotatable bonds is 7. The number of hydrogen-bond acceptors (Lipinski definition) is 4. The zero-order chi connectivity index (χ0) is 20.1. The Morgan fingerprint density at radius 3 is 2.18 bits per heavy atom. The van der Waals surface area contributed by atoms with Crippen LogP contribution in [0.2, 0.25) is 0 Å². The molecule has 1 aliphatic carbocycles.